The zero-order valence-corrected chi connectivity index (χ0v) is 8.99. The van der Waals surface area contributed by atoms with Gasteiger partial charge in [0, 0.05) is 0 Å². The number of pyridine rings is 1. The van der Waals surface area contributed by atoms with Crippen LogP contribution in [0.5, 0.6) is 0 Å². The van der Waals surface area contributed by atoms with E-state index in [-0.39, 0.29) is 0 Å². The van der Waals surface area contributed by atoms with Crippen LogP contribution in [0.4, 0.5) is 5.69 Å². The van der Waals surface area contributed by atoms with E-state index < -0.39 is 0 Å². The normalized spacial score (nSPS) is 9.31. The predicted octanol–water partition coefficient (Wildman–Crippen LogP) is 3.32. The molecule has 0 atom stereocenters. The average Bonchev–Trinajstić information content (AvgIpc) is 2.17. The molecule has 13 heavy (non-hydrogen) atoms. The number of thiocarbonyl (C=S) groups is 1. The second kappa shape index (κ2) is 5.86. The van der Waals surface area contributed by atoms with Gasteiger partial charge in [0.1, 0.15) is 0 Å². The lowest BCUT2D eigenvalue weighted by molar-refractivity contribution is 1.08. The molecular formula is C9H10N2S2. The summed E-state index contributed by atoms with van der Waals surface area (Å²) in [5.74, 6) is 1.10. The molecule has 0 saturated heterocycles. The summed E-state index contributed by atoms with van der Waals surface area (Å²) in [5, 5.41) is 3.34. The van der Waals surface area contributed by atoms with E-state index in [9.17, 15) is 0 Å². The first-order chi connectivity index (χ1) is 6.36. The molecular weight excluding hydrogens is 200 g/mol. The van der Waals surface area contributed by atoms with Crippen molar-refractivity contribution in [1.29, 1.82) is 0 Å². The van der Waals surface area contributed by atoms with Crippen molar-refractivity contribution < 1.29 is 0 Å². The van der Waals surface area contributed by atoms with Crippen molar-refractivity contribution in [1.82, 2.24) is 4.98 Å². The molecule has 0 bridgehead atoms. The van der Waals surface area contributed by atoms with Crippen LogP contribution in [0.25, 0.3) is 0 Å². The van der Waals surface area contributed by atoms with Gasteiger partial charge in [0.15, 0.2) is 0 Å². The third-order valence-electron chi connectivity index (χ3n) is 1.35. The van der Waals surface area contributed by atoms with Gasteiger partial charge in [-0.05, 0) is 36.5 Å². The van der Waals surface area contributed by atoms with Crippen LogP contribution in [0.1, 0.15) is 13.3 Å². The van der Waals surface area contributed by atoms with E-state index in [0.29, 0.717) is 0 Å². The van der Waals surface area contributed by atoms with E-state index in [4.69, 9.17) is 0 Å². The fourth-order valence-electron chi connectivity index (χ4n) is 0.783. The van der Waals surface area contributed by atoms with Crippen LogP contribution in [-0.4, -0.2) is 15.9 Å². The van der Waals surface area contributed by atoms with Crippen LogP contribution in [0, 0.1) is 0 Å². The van der Waals surface area contributed by atoms with Gasteiger partial charge < -0.3 is 0 Å². The Balaban J connectivity index is 2.63. The lowest BCUT2D eigenvalue weighted by atomic mass is 10.4. The van der Waals surface area contributed by atoms with Crippen molar-refractivity contribution >= 4 is 34.8 Å². The smallest absolute Gasteiger partial charge is 0.0961 e. The minimum Gasteiger partial charge on any atom is -0.248 e. The van der Waals surface area contributed by atoms with Crippen LogP contribution in [0.15, 0.2) is 28.3 Å². The standard InChI is InChI=1S/C9H10N2S2/c1-2-5-13-9-4-3-8(6-10-9)11-7-12/h3-4,6H,2,5H2,1H3. The summed E-state index contributed by atoms with van der Waals surface area (Å²) in [5.41, 5.74) is 0.760. The van der Waals surface area contributed by atoms with Gasteiger partial charge in [-0.1, -0.05) is 6.92 Å². The van der Waals surface area contributed by atoms with Crippen LogP contribution in [-0.2, 0) is 0 Å². The first-order valence-corrected chi connectivity index (χ1v) is 5.43. The Hall–Kier alpha value is -0.700. The highest BCUT2D eigenvalue weighted by Crippen LogP contribution is 2.18. The number of hydrogen-bond acceptors (Lipinski definition) is 4. The monoisotopic (exact) mass is 210 g/mol. The third-order valence-corrected chi connectivity index (χ3v) is 2.59. The highest BCUT2D eigenvalue weighted by Gasteiger charge is 1.94. The molecule has 0 fully saturated rings. The largest absolute Gasteiger partial charge is 0.248 e. The maximum absolute atomic E-state index is 4.49. The molecule has 0 radical (unpaired) electrons. The number of thioether (sulfide) groups is 1. The summed E-state index contributed by atoms with van der Waals surface area (Å²) in [4.78, 5) is 8.04. The Bertz CT molecular complexity index is 302. The summed E-state index contributed by atoms with van der Waals surface area (Å²) < 4.78 is 0. The Labute approximate surface area is 87.5 Å². The first-order valence-electron chi connectivity index (χ1n) is 4.03. The maximum Gasteiger partial charge on any atom is 0.0961 e. The molecule has 4 heteroatoms. The first kappa shape index (κ1) is 10.4. The molecule has 0 spiro atoms. The fourth-order valence-corrected chi connectivity index (χ4v) is 1.59. The van der Waals surface area contributed by atoms with Gasteiger partial charge >= 0.3 is 0 Å². The molecule has 2 nitrogen and oxygen atoms in total. The van der Waals surface area contributed by atoms with Crippen molar-refractivity contribution in [2.45, 2.75) is 18.4 Å². The van der Waals surface area contributed by atoms with Crippen molar-refractivity contribution in [3.63, 3.8) is 0 Å². The zero-order chi connectivity index (χ0) is 9.52. The van der Waals surface area contributed by atoms with E-state index in [1.54, 1.807) is 18.0 Å². The number of aromatic nitrogens is 1. The highest BCUT2D eigenvalue weighted by atomic mass is 32.2. The van der Waals surface area contributed by atoms with E-state index in [1.807, 2.05) is 12.1 Å². The van der Waals surface area contributed by atoms with Crippen LogP contribution >= 0.6 is 24.0 Å². The molecule has 0 saturated carbocycles. The van der Waals surface area contributed by atoms with Gasteiger partial charge in [-0.15, -0.1) is 11.8 Å². The number of nitrogens with zero attached hydrogens (tertiary/aromatic N) is 2. The van der Waals surface area contributed by atoms with Crippen LogP contribution in [0.3, 0.4) is 0 Å². The third kappa shape index (κ3) is 3.68. The predicted molar refractivity (Wildman–Crippen MR) is 59.9 cm³/mol. The van der Waals surface area contributed by atoms with Gasteiger partial charge in [-0.3, -0.25) is 0 Å². The summed E-state index contributed by atoms with van der Waals surface area (Å²) >= 11 is 6.24. The molecule has 0 unspecified atom stereocenters. The molecule has 1 rings (SSSR count). The molecule has 0 amide bonds. The quantitative estimate of drug-likeness (QED) is 0.433. The summed E-state index contributed by atoms with van der Waals surface area (Å²) in [6, 6.07) is 3.84. The minimum absolute atomic E-state index is 0.760. The van der Waals surface area contributed by atoms with Crippen molar-refractivity contribution in [3.05, 3.63) is 18.3 Å². The Morgan fingerprint density at radius 2 is 2.46 bits per heavy atom. The van der Waals surface area contributed by atoms with Gasteiger partial charge in [-0.25, -0.2) is 4.98 Å². The molecule has 0 aliphatic heterocycles. The lowest BCUT2D eigenvalue weighted by Crippen LogP contribution is -1.80. The number of isothiocyanates is 1. The van der Waals surface area contributed by atoms with Gasteiger partial charge in [-0.2, -0.15) is 4.99 Å². The van der Waals surface area contributed by atoms with E-state index in [1.165, 1.54) is 0 Å². The molecule has 1 aromatic rings. The molecule has 1 aromatic heterocycles. The minimum atomic E-state index is 0.760. The van der Waals surface area contributed by atoms with Crippen molar-refractivity contribution in [3.8, 4) is 0 Å². The number of hydrogen-bond donors (Lipinski definition) is 0. The summed E-state index contributed by atoms with van der Waals surface area (Å²) in [6.07, 6.45) is 2.86. The second-order valence-corrected chi connectivity index (χ2v) is 3.70. The van der Waals surface area contributed by atoms with Gasteiger partial charge in [0.05, 0.1) is 22.1 Å². The average molecular weight is 210 g/mol. The number of aliphatic imine (C=N–C) groups is 1. The zero-order valence-electron chi connectivity index (χ0n) is 7.36. The fraction of sp³-hybridized carbons (Fsp3) is 0.333. The lowest BCUT2D eigenvalue weighted by Gasteiger charge is -1.97. The van der Waals surface area contributed by atoms with Gasteiger partial charge in [0.2, 0.25) is 0 Å². The molecule has 68 valence electrons. The summed E-state index contributed by atoms with van der Waals surface area (Å²) in [7, 11) is 0. The second-order valence-electron chi connectivity index (χ2n) is 2.41. The van der Waals surface area contributed by atoms with E-state index in [2.05, 4.69) is 34.3 Å². The molecule has 0 N–H and O–H groups in total. The van der Waals surface area contributed by atoms with Gasteiger partial charge in [0.25, 0.3) is 0 Å². The molecule has 0 aliphatic carbocycles. The molecule has 0 aromatic carbocycles. The Kier molecular flexibility index (Phi) is 4.68. The number of rotatable bonds is 4. The Morgan fingerprint density at radius 1 is 1.62 bits per heavy atom. The molecule has 0 aliphatic rings. The van der Waals surface area contributed by atoms with Crippen LogP contribution in [0.2, 0.25) is 0 Å². The SMILES string of the molecule is CCCSc1ccc(N=C=S)cn1. The maximum atomic E-state index is 4.49. The Morgan fingerprint density at radius 3 is 3.00 bits per heavy atom. The highest BCUT2D eigenvalue weighted by molar-refractivity contribution is 7.99. The topological polar surface area (TPSA) is 25.2 Å². The van der Waals surface area contributed by atoms with E-state index >= 15 is 0 Å². The van der Waals surface area contributed by atoms with E-state index in [0.717, 1.165) is 22.9 Å². The van der Waals surface area contributed by atoms with Crippen molar-refractivity contribution in [2.24, 2.45) is 4.99 Å². The summed E-state index contributed by atoms with van der Waals surface area (Å²) in [6.45, 7) is 2.15. The molecule has 1 heterocycles. The van der Waals surface area contributed by atoms with Crippen LogP contribution < -0.4 is 0 Å². The van der Waals surface area contributed by atoms with Crippen molar-refractivity contribution in [2.75, 3.05) is 5.75 Å².